The predicted octanol–water partition coefficient (Wildman–Crippen LogP) is 2.15. The van der Waals surface area contributed by atoms with Crippen molar-refractivity contribution in [2.75, 3.05) is 13.1 Å². The molecule has 0 saturated carbocycles. The number of ketones is 1. The molecular weight excluding hydrogens is 282 g/mol. The molecule has 1 aromatic heterocycles. The molecule has 1 aromatic rings. The Morgan fingerprint density at radius 2 is 2.24 bits per heavy atom. The fourth-order valence-corrected chi connectivity index (χ4v) is 3.09. The maximum absolute atomic E-state index is 12.7. The predicted molar refractivity (Wildman–Crippen MR) is 70.1 cm³/mol. The van der Waals surface area contributed by atoms with Crippen LogP contribution in [0.1, 0.15) is 36.7 Å². The van der Waals surface area contributed by atoms with Crippen molar-refractivity contribution in [3.8, 4) is 0 Å². The number of piperidine rings is 1. The summed E-state index contributed by atoms with van der Waals surface area (Å²) in [6.45, 7) is 3.96. The molecule has 94 valence electrons. The van der Waals surface area contributed by atoms with Gasteiger partial charge in [-0.2, -0.15) is 5.10 Å². The van der Waals surface area contributed by atoms with Gasteiger partial charge in [0, 0.05) is 12.5 Å². The third-order valence-corrected chi connectivity index (χ3v) is 4.41. The molecule has 0 aromatic carbocycles. The van der Waals surface area contributed by atoms with E-state index < -0.39 is 0 Å². The first-order chi connectivity index (χ1) is 8.10. The number of hydrogen-bond acceptors (Lipinski definition) is 3. The molecule has 1 fully saturated rings. The van der Waals surface area contributed by atoms with E-state index in [2.05, 4.69) is 33.3 Å². The molecule has 0 radical (unpaired) electrons. The van der Waals surface area contributed by atoms with Crippen LogP contribution in [0.25, 0.3) is 0 Å². The summed E-state index contributed by atoms with van der Waals surface area (Å²) in [5, 5.41) is 7.45. The summed E-state index contributed by atoms with van der Waals surface area (Å²) in [6, 6.07) is 0. The molecule has 0 unspecified atom stereocenters. The van der Waals surface area contributed by atoms with Crippen LogP contribution in [-0.4, -0.2) is 28.7 Å². The summed E-state index contributed by atoms with van der Waals surface area (Å²) < 4.78 is 2.47. The monoisotopic (exact) mass is 299 g/mol. The molecule has 5 heteroatoms. The molecule has 1 N–H and O–H groups in total. The van der Waals surface area contributed by atoms with Crippen molar-refractivity contribution >= 4 is 21.7 Å². The topological polar surface area (TPSA) is 46.9 Å². The van der Waals surface area contributed by atoms with Gasteiger partial charge in [0.2, 0.25) is 0 Å². The van der Waals surface area contributed by atoms with Crippen LogP contribution in [0.2, 0.25) is 0 Å². The number of carbonyl (C=O) groups is 1. The van der Waals surface area contributed by atoms with Crippen LogP contribution < -0.4 is 5.32 Å². The number of nitrogens with zero attached hydrogens (tertiary/aromatic N) is 2. The number of rotatable bonds is 3. The second kappa shape index (κ2) is 4.90. The van der Waals surface area contributed by atoms with Crippen molar-refractivity contribution in [3.05, 3.63) is 16.4 Å². The molecule has 0 amide bonds. The van der Waals surface area contributed by atoms with Gasteiger partial charge in [-0.15, -0.1) is 0 Å². The van der Waals surface area contributed by atoms with Gasteiger partial charge in [-0.3, -0.25) is 9.48 Å². The fourth-order valence-electron chi connectivity index (χ4n) is 2.56. The van der Waals surface area contributed by atoms with Gasteiger partial charge in [0.05, 0.1) is 10.7 Å². The minimum atomic E-state index is -0.207. The SMILES string of the molecule is CCC1(C(=O)c2c(Br)cnn2C)CCNCC1. The number of carbonyl (C=O) groups excluding carboxylic acids is 1. The Labute approximate surface area is 110 Å². The summed E-state index contributed by atoms with van der Waals surface area (Å²) >= 11 is 3.42. The van der Waals surface area contributed by atoms with Crippen molar-refractivity contribution in [2.45, 2.75) is 26.2 Å². The average molecular weight is 300 g/mol. The molecule has 1 saturated heterocycles. The smallest absolute Gasteiger partial charge is 0.188 e. The molecular formula is C12H18BrN3O. The third kappa shape index (κ3) is 2.18. The van der Waals surface area contributed by atoms with Crippen molar-refractivity contribution < 1.29 is 4.79 Å². The van der Waals surface area contributed by atoms with Gasteiger partial charge in [-0.1, -0.05) is 6.92 Å². The highest BCUT2D eigenvalue weighted by Gasteiger charge is 2.40. The summed E-state index contributed by atoms with van der Waals surface area (Å²) in [4.78, 5) is 12.7. The standard InChI is InChI=1S/C12H18BrN3O/c1-3-12(4-6-14-7-5-12)11(17)10-9(13)8-15-16(10)2/h8,14H,3-7H2,1-2H3. The molecule has 0 bridgehead atoms. The third-order valence-electron chi connectivity index (χ3n) is 3.83. The molecule has 4 nitrogen and oxygen atoms in total. The van der Waals surface area contributed by atoms with Crippen molar-refractivity contribution in [1.29, 1.82) is 0 Å². The van der Waals surface area contributed by atoms with Crippen LogP contribution in [-0.2, 0) is 7.05 Å². The van der Waals surface area contributed by atoms with E-state index >= 15 is 0 Å². The molecule has 2 rings (SSSR count). The minimum absolute atomic E-state index is 0.207. The van der Waals surface area contributed by atoms with Crippen LogP contribution in [0.4, 0.5) is 0 Å². The van der Waals surface area contributed by atoms with E-state index in [0.717, 1.165) is 36.8 Å². The second-order valence-electron chi connectivity index (χ2n) is 4.68. The second-order valence-corrected chi connectivity index (χ2v) is 5.53. The highest BCUT2D eigenvalue weighted by molar-refractivity contribution is 9.10. The van der Waals surface area contributed by atoms with Gasteiger partial charge in [0.25, 0.3) is 0 Å². The molecule has 17 heavy (non-hydrogen) atoms. The number of nitrogens with one attached hydrogen (secondary N) is 1. The molecule has 2 heterocycles. The lowest BCUT2D eigenvalue weighted by Crippen LogP contribution is -2.42. The summed E-state index contributed by atoms with van der Waals surface area (Å²) in [5.74, 6) is 0.230. The van der Waals surface area contributed by atoms with Crippen LogP contribution in [0.15, 0.2) is 10.7 Å². The Morgan fingerprint density at radius 1 is 1.59 bits per heavy atom. The zero-order chi connectivity index (χ0) is 12.5. The zero-order valence-corrected chi connectivity index (χ0v) is 11.9. The molecule has 0 aliphatic carbocycles. The van der Waals surface area contributed by atoms with E-state index in [4.69, 9.17) is 0 Å². The minimum Gasteiger partial charge on any atom is -0.317 e. The largest absolute Gasteiger partial charge is 0.317 e. The Bertz CT molecular complexity index is 402. The molecule has 1 aliphatic heterocycles. The van der Waals surface area contributed by atoms with Crippen molar-refractivity contribution in [1.82, 2.24) is 15.1 Å². The van der Waals surface area contributed by atoms with Gasteiger partial charge in [0.1, 0.15) is 5.69 Å². The maximum Gasteiger partial charge on any atom is 0.188 e. The van der Waals surface area contributed by atoms with Gasteiger partial charge in [-0.05, 0) is 48.3 Å². The van der Waals surface area contributed by atoms with Gasteiger partial charge in [-0.25, -0.2) is 0 Å². The van der Waals surface area contributed by atoms with Crippen molar-refractivity contribution in [3.63, 3.8) is 0 Å². The number of Topliss-reactive ketones (excluding diaryl/α,β-unsaturated/α-hetero) is 1. The van der Waals surface area contributed by atoms with Crippen LogP contribution >= 0.6 is 15.9 Å². The highest BCUT2D eigenvalue weighted by atomic mass is 79.9. The quantitative estimate of drug-likeness (QED) is 0.870. The van der Waals surface area contributed by atoms with E-state index in [9.17, 15) is 4.79 Å². The summed E-state index contributed by atoms with van der Waals surface area (Å²) in [5.41, 5.74) is 0.496. The molecule has 0 atom stereocenters. The van der Waals surface area contributed by atoms with E-state index in [1.54, 1.807) is 10.9 Å². The molecule has 0 spiro atoms. The van der Waals surface area contributed by atoms with Crippen molar-refractivity contribution in [2.24, 2.45) is 12.5 Å². The van der Waals surface area contributed by atoms with Crippen LogP contribution in [0, 0.1) is 5.41 Å². The Balaban J connectivity index is 2.35. The number of aromatic nitrogens is 2. The normalized spacial score (nSPS) is 19.2. The van der Waals surface area contributed by atoms with Crippen LogP contribution in [0.5, 0.6) is 0 Å². The lowest BCUT2D eigenvalue weighted by Gasteiger charge is -2.35. The lowest BCUT2D eigenvalue weighted by atomic mass is 9.72. The van der Waals surface area contributed by atoms with Gasteiger partial charge >= 0.3 is 0 Å². The van der Waals surface area contributed by atoms with E-state index in [1.807, 2.05) is 7.05 Å². The Morgan fingerprint density at radius 3 is 2.71 bits per heavy atom. The first-order valence-electron chi connectivity index (χ1n) is 6.04. The van der Waals surface area contributed by atoms with Crippen LogP contribution in [0.3, 0.4) is 0 Å². The highest BCUT2D eigenvalue weighted by Crippen LogP contribution is 2.37. The van der Waals surface area contributed by atoms with E-state index in [1.165, 1.54) is 0 Å². The Kier molecular flexibility index (Phi) is 3.68. The number of hydrogen-bond donors (Lipinski definition) is 1. The fraction of sp³-hybridized carbons (Fsp3) is 0.667. The lowest BCUT2D eigenvalue weighted by molar-refractivity contribution is 0.0706. The average Bonchev–Trinajstić information content (AvgIpc) is 2.69. The Hall–Kier alpha value is -0.680. The van der Waals surface area contributed by atoms with E-state index in [0.29, 0.717) is 5.69 Å². The first kappa shape index (κ1) is 12.8. The first-order valence-corrected chi connectivity index (χ1v) is 6.83. The number of aryl methyl sites for hydroxylation is 1. The van der Waals surface area contributed by atoms with E-state index in [-0.39, 0.29) is 11.2 Å². The number of halogens is 1. The van der Waals surface area contributed by atoms with Gasteiger partial charge < -0.3 is 5.32 Å². The zero-order valence-electron chi connectivity index (χ0n) is 10.3. The summed E-state index contributed by atoms with van der Waals surface area (Å²) in [6.07, 6.45) is 4.42. The maximum atomic E-state index is 12.7. The van der Waals surface area contributed by atoms with Gasteiger partial charge in [0.15, 0.2) is 5.78 Å². The molecule has 1 aliphatic rings. The summed E-state index contributed by atoms with van der Waals surface area (Å²) in [7, 11) is 1.82.